The molecule has 0 saturated carbocycles. The lowest BCUT2D eigenvalue weighted by Gasteiger charge is -2.23. The normalized spacial score (nSPS) is 11.5. The highest BCUT2D eigenvalue weighted by molar-refractivity contribution is 5.69. The monoisotopic (exact) mass is 243 g/mol. The predicted octanol–water partition coefficient (Wildman–Crippen LogP) is 2.94. The number of carbonyl (C=O) groups excluding carboxylic acids is 1. The molecular formula is C14H29NO2. The fraction of sp³-hybridized carbons (Fsp3) is 0.929. The van der Waals surface area contributed by atoms with Crippen LogP contribution in [-0.2, 0) is 9.53 Å². The molecule has 0 saturated heterocycles. The third-order valence-electron chi connectivity index (χ3n) is 2.91. The third kappa shape index (κ3) is 10.3. The summed E-state index contributed by atoms with van der Waals surface area (Å²) in [5, 5.41) is 0. The first-order valence-electron chi connectivity index (χ1n) is 6.74. The molecule has 0 unspecified atom stereocenters. The molecule has 3 nitrogen and oxygen atoms in total. The first-order valence-corrected chi connectivity index (χ1v) is 6.74. The molecule has 0 aromatic rings. The van der Waals surface area contributed by atoms with Crippen molar-refractivity contribution in [2.75, 3.05) is 26.7 Å². The van der Waals surface area contributed by atoms with Gasteiger partial charge in [0.1, 0.15) is 0 Å². The molecular weight excluding hydrogens is 214 g/mol. The minimum Gasteiger partial charge on any atom is -0.469 e. The molecule has 0 bridgehead atoms. The van der Waals surface area contributed by atoms with Crippen molar-refractivity contribution in [2.24, 2.45) is 11.8 Å². The van der Waals surface area contributed by atoms with Crippen LogP contribution < -0.4 is 0 Å². The molecule has 0 amide bonds. The zero-order valence-corrected chi connectivity index (χ0v) is 12.2. The molecule has 0 rings (SSSR count). The molecule has 0 heterocycles. The van der Waals surface area contributed by atoms with E-state index in [0.29, 0.717) is 6.42 Å². The van der Waals surface area contributed by atoms with E-state index in [-0.39, 0.29) is 5.97 Å². The zero-order chi connectivity index (χ0) is 13.3. The fourth-order valence-electron chi connectivity index (χ4n) is 1.57. The Labute approximate surface area is 107 Å². The molecule has 0 radical (unpaired) electrons. The molecule has 0 aliphatic rings. The lowest BCUT2D eigenvalue weighted by molar-refractivity contribution is -0.141. The zero-order valence-electron chi connectivity index (χ0n) is 12.2. The van der Waals surface area contributed by atoms with Crippen LogP contribution in [0.2, 0.25) is 0 Å². The van der Waals surface area contributed by atoms with Crippen molar-refractivity contribution in [1.29, 1.82) is 0 Å². The van der Waals surface area contributed by atoms with Gasteiger partial charge in [-0.15, -0.1) is 0 Å². The van der Waals surface area contributed by atoms with Crippen LogP contribution in [0.4, 0.5) is 0 Å². The van der Waals surface area contributed by atoms with Gasteiger partial charge in [-0.25, -0.2) is 0 Å². The molecule has 0 atom stereocenters. The summed E-state index contributed by atoms with van der Waals surface area (Å²) in [5.74, 6) is 1.33. The predicted molar refractivity (Wildman–Crippen MR) is 72.0 cm³/mol. The van der Waals surface area contributed by atoms with E-state index in [2.05, 4.69) is 37.3 Å². The smallest absolute Gasteiger partial charge is 0.306 e. The Morgan fingerprint density at radius 3 is 1.82 bits per heavy atom. The number of esters is 1. The van der Waals surface area contributed by atoms with Gasteiger partial charge in [-0.1, -0.05) is 27.7 Å². The number of carbonyl (C=O) groups is 1. The van der Waals surface area contributed by atoms with Crippen molar-refractivity contribution < 1.29 is 9.53 Å². The maximum absolute atomic E-state index is 11.1. The van der Waals surface area contributed by atoms with Crippen LogP contribution in [0.3, 0.4) is 0 Å². The molecule has 17 heavy (non-hydrogen) atoms. The van der Waals surface area contributed by atoms with Gasteiger partial charge in [-0.05, 0) is 37.8 Å². The summed E-state index contributed by atoms with van der Waals surface area (Å²) in [6.45, 7) is 11.9. The molecule has 0 aliphatic heterocycles. The summed E-state index contributed by atoms with van der Waals surface area (Å²) in [5.41, 5.74) is 0. The Bertz CT molecular complexity index is 190. The standard InChI is InChI=1S/C14H29NO2/c1-12(2)6-9-15(10-7-13(3)4)11-8-14(16)17-5/h12-13H,6-11H2,1-5H3. The summed E-state index contributed by atoms with van der Waals surface area (Å²) in [7, 11) is 1.45. The van der Waals surface area contributed by atoms with Crippen molar-refractivity contribution in [3.8, 4) is 0 Å². The fourth-order valence-corrected chi connectivity index (χ4v) is 1.57. The van der Waals surface area contributed by atoms with E-state index in [1.807, 2.05) is 0 Å². The van der Waals surface area contributed by atoms with Gasteiger partial charge in [0.15, 0.2) is 0 Å². The van der Waals surface area contributed by atoms with E-state index in [1.165, 1.54) is 20.0 Å². The van der Waals surface area contributed by atoms with Gasteiger partial charge >= 0.3 is 5.97 Å². The van der Waals surface area contributed by atoms with Crippen LogP contribution in [0, 0.1) is 11.8 Å². The maximum atomic E-state index is 11.1. The van der Waals surface area contributed by atoms with Gasteiger partial charge in [0.25, 0.3) is 0 Å². The highest BCUT2D eigenvalue weighted by Gasteiger charge is 2.09. The Morgan fingerprint density at radius 2 is 1.47 bits per heavy atom. The van der Waals surface area contributed by atoms with E-state index in [9.17, 15) is 4.79 Å². The number of methoxy groups -OCH3 is 1. The molecule has 0 fully saturated rings. The number of hydrogen-bond donors (Lipinski definition) is 0. The third-order valence-corrected chi connectivity index (χ3v) is 2.91. The van der Waals surface area contributed by atoms with E-state index in [0.717, 1.165) is 31.5 Å². The van der Waals surface area contributed by atoms with Crippen molar-refractivity contribution in [3.63, 3.8) is 0 Å². The highest BCUT2D eigenvalue weighted by Crippen LogP contribution is 2.07. The average Bonchev–Trinajstić information content (AvgIpc) is 2.26. The van der Waals surface area contributed by atoms with Crippen molar-refractivity contribution in [2.45, 2.75) is 47.0 Å². The maximum Gasteiger partial charge on any atom is 0.306 e. The quantitative estimate of drug-likeness (QED) is 0.583. The van der Waals surface area contributed by atoms with Crippen LogP contribution in [0.5, 0.6) is 0 Å². The first-order chi connectivity index (χ1) is 7.95. The van der Waals surface area contributed by atoms with Crippen LogP contribution in [-0.4, -0.2) is 37.6 Å². The van der Waals surface area contributed by atoms with Gasteiger partial charge in [-0.2, -0.15) is 0 Å². The highest BCUT2D eigenvalue weighted by atomic mass is 16.5. The number of hydrogen-bond acceptors (Lipinski definition) is 3. The van der Waals surface area contributed by atoms with Gasteiger partial charge in [0.2, 0.25) is 0 Å². The second kappa shape index (κ2) is 9.46. The van der Waals surface area contributed by atoms with E-state index >= 15 is 0 Å². The van der Waals surface area contributed by atoms with Gasteiger partial charge in [0.05, 0.1) is 13.5 Å². The summed E-state index contributed by atoms with van der Waals surface area (Å²) < 4.78 is 4.69. The summed E-state index contributed by atoms with van der Waals surface area (Å²) in [6.07, 6.45) is 2.89. The van der Waals surface area contributed by atoms with Gasteiger partial charge < -0.3 is 9.64 Å². The largest absolute Gasteiger partial charge is 0.469 e. The second-order valence-corrected chi connectivity index (χ2v) is 5.53. The number of nitrogens with zero attached hydrogens (tertiary/aromatic N) is 1. The van der Waals surface area contributed by atoms with Crippen molar-refractivity contribution in [3.05, 3.63) is 0 Å². The Morgan fingerprint density at radius 1 is 1.00 bits per heavy atom. The van der Waals surface area contributed by atoms with Crippen molar-refractivity contribution in [1.82, 2.24) is 4.90 Å². The van der Waals surface area contributed by atoms with Crippen LogP contribution in [0.15, 0.2) is 0 Å². The minimum atomic E-state index is -0.107. The van der Waals surface area contributed by atoms with Crippen LogP contribution in [0.25, 0.3) is 0 Å². The minimum absolute atomic E-state index is 0.107. The van der Waals surface area contributed by atoms with Crippen LogP contribution in [0.1, 0.15) is 47.0 Å². The lowest BCUT2D eigenvalue weighted by atomic mass is 10.1. The summed E-state index contributed by atoms with van der Waals surface area (Å²) >= 11 is 0. The molecule has 0 aromatic carbocycles. The lowest BCUT2D eigenvalue weighted by Crippen LogP contribution is -2.30. The molecule has 102 valence electrons. The summed E-state index contributed by atoms with van der Waals surface area (Å²) in [4.78, 5) is 13.5. The molecule has 0 spiro atoms. The van der Waals surface area contributed by atoms with E-state index in [4.69, 9.17) is 0 Å². The van der Waals surface area contributed by atoms with Crippen LogP contribution >= 0.6 is 0 Å². The van der Waals surface area contributed by atoms with Gasteiger partial charge in [-0.3, -0.25) is 4.79 Å². The van der Waals surface area contributed by atoms with Gasteiger partial charge in [0, 0.05) is 6.54 Å². The molecule has 0 N–H and O–H groups in total. The SMILES string of the molecule is COC(=O)CCN(CCC(C)C)CCC(C)C. The topological polar surface area (TPSA) is 29.5 Å². The van der Waals surface area contributed by atoms with E-state index in [1.54, 1.807) is 0 Å². The Balaban J connectivity index is 3.96. The molecule has 3 heteroatoms. The first kappa shape index (κ1) is 16.4. The Hall–Kier alpha value is -0.570. The Kier molecular flexibility index (Phi) is 9.14. The number of rotatable bonds is 9. The van der Waals surface area contributed by atoms with E-state index < -0.39 is 0 Å². The number of ether oxygens (including phenoxy) is 1. The second-order valence-electron chi connectivity index (χ2n) is 5.53. The average molecular weight is 243 g/mol. The molecule has 0 aliphatic carbocycles. The molecule has 0 aromatic heterocycles. The summed E-state index contributed by atoms with van der Waals surface area (Å²) in [6, 6.07) is 0. The van der Waals surface area contributed by atoms with Crippen molar-refractivity contribution >= 4 is 5.97 Å².